The fourth-order valence-corrected chi connectivity index (χ4v) is 4.24. The van der Waals surface area contributed by atoms with Crippen LogP contribution in [0.3, 0.4) is 0 Å². The third-order valence-electron chi connectivity index (χ3n) is 4.97. The Balaban J connectivity index is 1.39. The van der Waals surface area contributed by atoms with Gasteiger partial charge in [-0.1, -0.05) is 30.0 Å². The van der Waals surface area contributed by atoms with Gasteiger partial charge in [0.15, 0.2) is 11.0 Å². The van der Waals surface area contributed by atoms with Crippen LogP contribution < -0.4 is 4.90 Å². The van der Waals surface area contributed by atoms with Crippen LogP contribution in [0.1, 0.15) is 0 Å². The van der Waals surface area contributed by atoms with Gasteiger partial charge < -0.3 is 9.80 Å². The molecule has 3 heterocycles. The highest BCUT2D eigenvalue weighted by Crippen LogP contribution is 2.26. The van der Waals surface area contributed by atoms with E-state index in [0.29, 0.717) is 49.3 Å². The van der Waals surface area contributed by atoms with Gasteiger partial charge in [0.25, 0.3) is 0 Å². The number of halogens is 1. The number of hydrogen-bond donors (Lipinski definition) is 0. The lowest BCUT2D eigenvalue weighted by Gasteiger charge is -2.35. The van der Waals surface area contributed by atoms with Crippen molar-refractivity contribution in [2.45, 2.75) is 11.7 Å². The van der Waals surface area contributed by atoms with E-state index in [-0.39, 0.29) is 17.5 Å². The van der Waals surface area contributed by atoms with Crippen molar-refractivity contribution < 1.29 is 9.18 Å². The molecule has 4 rings (SSSR count). The number of hydrogen-bond acceptors (Lipinski definition) is 7. The minimum Gasteiger partial charge on any atom is -0.352 e. The molecule has 0 N–H and O–H groups in total. The fourth-order valence-electron chi connectivity index (χ4n) is 3.39. The van der Waals surface area contributed by atoms with E-state index in [1.54, 1.807) is 47.4 Å². The number of anilines is 1. The molecule has 0 radical (unpaired) electrons. The number of carbonyl (C=O) groups excluding carboxylic acids is 1. The first-order chi connectivity index (χ1) is 15.2. The SMILES string of the molecule is C=CCn1c(SCC(=O)N2CCN(c3cnccn3)CC2)nnc1-c1ccccc1F. The molecule has 2 aromatic heterocycles. The van der Waals surface area contributed by atoms with Crippen LogP contribution >= 0.6 is 11.8 Å². The molecular weight excluding hydrogens is 417 g/mol. The number of allylic oxidation sites excluding steroid dienone is 1. The molecule has 10 heteroatoms. The summed E-state index contributed by atoms with van der Waals surface area (Å²) in [4.78, 5) is 25.1. The van der Waals surface area contributed by atoms with Gasteiger partial charge in [0.2, 0.25) is 5.91 Å². The largest absolute Gasteiger partial charge is 0.352 e. The number of amides is 1. The molecular formula is C21H22FN7OS. The maximum absolute atomic E-state index is 14.2. The highest BCUT2D eigenvalue weighted by molar-refractivity contribution is 7.99. The van der Waals surface area contributed by atoms with Gasteiger partial charge in [0, 0.05) is 45.1 Å². The monoisotopic (exact) mass is 439 g/mol. The molecule has 160 valence electrons. The molecule has 0 spiro atoms. The van der Waals surface area contributed by atoms with Crippen LogP contribution in [-0.4, -0.2) is 67.5 Å². The van der Waals surface area contributed by atoms with Crippen molar-refractivity contribution in [3.8, 4) is 11.4 Å². The van der Waals surface area contributed by atoms with E-state index in [4.69, 9.17) is 0 Å². The fraction of sp³-hybridized carbons (Fsp3) is 0.286. The van der Waals surface area contributed by atoms with Gasteiger partial charge in [-0.3, -0.25) is 14.3 Å². The lowest BCUT2D eigenvalue weighted by atomic mass is 10.2. The summed E-state index contributed by atoms with van der Waals surface area (Å²) in [6.45, 7) is 6.84. The molecule has 1 amide bonds. The van der Waals surface area contributed by atoms with Gasteiger partial charge in [0.1, 0.15) is 11.6 Å². The average molecular weight is 440 g/mol. The summed E-state index contributed by atoms with van der Waals surface area (Å²) < 4.78 is 16.0. The Morgan fingerprint density at radius 3 is 2.68 bits per heavy atom. The minimum absolute atomic E-state index is 0.0318. The second-order valence-electron chi connectivity index (χ2n) is 6.91. The van der Waals surface area contributed by atoms with Crippen LogP contribution in [0.2, 0.25) is 0 Å². The molecule has 0 unspecified atom stereocenters. The van der Waals surface area contributed by atoms with Crippen LogP contribution in [0.5, 0.6) is 0 Å². The molecule has 1 saturated heterocycles. The zero-order valence-corrected chi connectivity index (χ0v) is 17.7. The average Bonchev–Trinajstić information content (AvgIpc) is 3.21. The van der Waals surface area contributed by atoms with E-state index in [0.717, 1.165) is 5.82 Å². The van der Waals surface area contributed by atoms with E-state index in [9.17, 15) is 9.18 Å². The number of benzene rings is 1. The van der Waals surface area contributed by atoms with E-state index in [1.165, 1.54) is 17.8 Å². The number of piperazine rings is 1. The first-order valence-corrected chi connectivity index (χ1v) is 10.9. The van der Waals surface area contributed by atoms with Gasteiger partial charge in [-0.05, 0) is 12.1 Å². The molecule has 1 aliphatic heterocycles. The van der Waals surface area contributed by atoms with Crippen molar-refractivity contribution in [1.29, 1.82) is 0 Å². The van der Waals surface area contributed by atoms with Gasteiger partial charge in [-0.25, -0.2) is 9.37 Å². The number of carbonyl (C=O) groups is 1. The Hall–Kier alpha value is -3.27. The maximum atomic E-state index is 14.2. The number of aromatic nitrogens is 5. The molecule has 0 atom stereocenters. The van der Waals surface area contributed by atoms with E-state index >= 15 is 0 Å². The minimum atomic E-state index is -0.367. The Labute approximate surface area is 183 Å². The van der Waals surface area contributed by atoms with E-state index in [1.807, 2.05) is 4.90 Å². The molecule has 0 saturated carbocycles. The predicted molar refractivity (Wildman–Crippen MR) is 117 cm³/mol. The summed E-state index contributed by atoms with van der Waals surface area (Å²) >= 11 is 1.30. The Morgan fingerprint density at radius 1 is 1.16 bits per heavy atom. The van der Waals surface area contributed by atoms with Crippen molar-refractivity contribution in [2.24, 2.45) is 0 Å². The molecule has 0 bridgehead atoms. The van der Waals surface area contributed by atoms with Crippen molar-refractivity contribution in [3.05, 3.63) is 61.3 Å². The highest BCUT2D eigenvalue weighted by atomic mass is 32.2. The summed E-state index contributed by atoms with van der Waals surface area (Å²) in [6, 6.07) is 6.43. The molecule has 1 aliphatic rings. The number of nitrogens with zero attached hydrogens (tertiary/aromatic N) is 7. The Kier molecular flexibility index (Phi) is 6.56. The smallest absolute Gasteiger partial charge is 0.233 e. The summed E-state index contributed by atoms with van der Waals surface area (Å²) in [5.41, 5.74) is 0.371. The Bertz CT molecular complexity index is 1050. The van der Waals surface area contributed by atoms with Crippen molar-refractivity contribution in [1.82, 2.24) is 29.6 Å². The first-order valence-electron chi connectivity index (χ1n) is 9.88. The lowest BCUT2D eigenvalue weighted by molar-refractivity contribution is -0.128. The topological polar surface area (TPSA) is 80.0 Å². The summed E-state index contributed by atoms with van der Waals surface area (Å²) in [6.07, 6.45) is 6.74. The summed E-state index contributed by atoms with van der Waals surface area (Å²) in [7, 11) is 0. The van der Waals surface area contributed by atoms with Gasteiger partial charge in [-0.15, -0.1) is 16.8 Å². The zero-order chi connectivity index (χ0) is 21.6. The highest BCUT2D eigenvalue weighted by Gasteiger charge is 2.23. The third kappa shape index (κ3) is 4.74. The molecule has 3 aromatic rings. The molecule has 8 nitrogen and oxygen atoms in total. The van der Waals surface area contributed by atoms with Crippen LogP contribution in [0.25, 0.3) is 11.4 Å². The van der Waals surface area contributed by atoms with Gasteiger partial charge >= 0.3 is 0 Å². The standard InChI is InChI=1S/C21H22FN7OS/c1-2-9-29-20(16-5-3-4-6-17(16)22)25-26-21(29)31-15-19(30)28-12-10-27(11-13-28)18-14-23-7-8-24-18/h2-8,14H,1,9-13,15H2. The Morgan fingerprint density at radius 2 is 1.97 bits per heavy atom. The lowest BCUT2D eigenvalue weighted by Crippen LogP contribution is -2.49. The van der Waals surface area contributed by atoms with Crippen LogP contribution in [0.15, 0.2) is 60.7 Å². The maximum Gasteiger partial charge on any atom is 0.233 e. The zero-order valence-electron chi connectivity index (χ0n) is 16.9. The molecule has 1 aromatic carbocycles. The molecule has 0 aliphatic carbocycles. The van der Waals surface area contributed by atoms with Crippen LogP contribution in [0, 0.1) is 5.82 Å². The van der Waals surface area contributed by atoms with Crippen molar-refractivity contribution >= 4 is 23.5 Å². The second kappa shape index (κ2) is 9.69. The predicted octanol–water partition coefficient (Wildman–Crippen LogP) is 2.50. The van der Waals surface area contributed by atoms with Gasteiger partial charge in [0.05, 0.1) is 17.5 Å². The first kappa shape index (κ1) is 21.0. The van der Waals surface area contributed by atoms with Crippen molar-refractivity contribution in [3.63, 3.8) is 0 Å². The third-order valence-corrected chi connectivity index (χ3v) is 5.93. The van der Waals surface area contributed by atoms with Gasteiger partial charge in [-0.2, -0.15) is 0 Å². The number of thioether (sulfide) groups is 1. The quantitative estimate of drug-likeness (QED) is 0.413. The van der Waals surface area contributed by atoms with Crippen LogP contribution in [-0.2, 0) is 11.3 Å². The normalized spacial score (nSPS) is 14.0. The van der Waals surface area contributed by atoms with E-state index < -0.39 is 0 Å². The van der Waals surface area contributed by atoms with Crippen molar-refractivity contribution in [2.75, 3.05) is 36.8 Å². The number of rotatable bonds is 7. The summed E-state index contributed by atoms with van der Waals surface area (Å²) in [5, 5.41) is 8.91. The second-order valence-corrected chi connectivity index (χ2v) is 7.85. The van der Waals surface area contributed by atoms with Crippen LogP contribution in [0.4, 0.5) is 10.2 Å². The summed E-state index contributed by atoms with van der Waals surface area (Å²) in [5.74, 6) is 1.14. The molecule has 31 heavy (non-hydrogen) atoms. The van der Waals surface area contributed by atoms with E-state index in [2.05, 4.69) is 31.6 Å². The molecule has 1 fully saturated rings.